The molecule has 0 bridgehead atoms. The van der Waals surface area contributed by atoms with Crippen molar-refractivity contribution in [2.75, 3.05) is 7.11 Å². The Hall–Kier alpha value is -2.24. The van der Waals surface area contributed by atoms with Crippen LogP contribution in [0.2, 0.25) is 5.02 Å². The van der Waals surface area contributed by atoms with E-state index in [2.05, 4.69) is 45.8 Å². The van der Waals surface area contributed by atoms with Gasteiger partial charge in [-0.25, -0.2) is 0 Å². The van der Waals surface area contributed by atoms with Crippen molar-refractivity contribution in [2.45, 2.75) is 17.8 Å². The summed E-state index contributed by atoms with van der Waals surface area (Å²) in [7, 11) is 1.67. The van der Waals surface area contributed by atoms with Gasteiger partial charge < -0.3 is 4.74 Å². The molecule has 0 amide bonds. The summed E-state index contributed by atoms with van der Waals surface area (Å²) in [5.41, 5.74) is 4.21. The number of aryl methyl sites for hydroxylation is 1. The second-order valence-electron chi connectivity index (χ2n) is 5.77. The zero-order valence-corrected chi connectivity index (χ0v) is 15.4. The fraction of sp³-hybridized carbons (Fsp3) is 0.158. The van der Waals surface area contributed by atoms with Crippen molar-refractivity contribution in [1.29, 1.82) is 0 Å². The van der Waals surface area contributed by atoms with Gasteiger partial charge in [0.05, 0.1) is 12.6 Å². The Morgan fingerprint density at radius 1 is 1.12 bits per heavy atom. The third-order valence-electron chi connectivity index (χ3n) is 4.17. The van der Waals surface area contributed by atoms with E-state index in [4.69, 9.17) is 16.3 Å². The van der Waals surface area contributed by atoms with Crippen LogP contribution in [0.15, 0.2) is 53.7 Å². The highest BCUT2D eigenvalue weighted by Gasteiger charge is 2.13. The minimum absolute atomic E-state index is 0.698. The van der Waals surface area contributed by atoms with Crippen LogP contribution in [0, 0.1) is 6.92 Å². The number of benzene rings is 2. The highest BCUT2D eigenvalue weighted by atomic mass is 35.5. The number of rotatable bonds is 4. The number of pyridine rings is 1. The van der Waals surface area contributed by atoms with Crippen LogP contribution in [0.3, 0.4) is 0 Å². The zero-order valence-electron chi connectivity index (χ0n) is 13.9. The van der Waals surface area contributed by atoms with E-state index in [0.29, 0.717) is 10.8 Å². The molecule has 0 aliphatic rings. The van der Waals surface area contributed by atoms with E-state index in [9.17, 15) is 0 Å². The Labute approximate surface area is 154 Å². The van der Waals surface area contributed by atoms with Crippen molar-refractivity contribution in [3.8, 4) is 5.75 Å². The third-order valence-corrected chi connectivity index (χ3v) is 5.39. The molecule has 0 aliphatic carbocycles. The van der Waals surface area contributed by atoms with Crippen molar-refractivity contribution < 1.29 is 4.74 Å². The Balaban J connectivity index is 1.76. The van der Waals surface area contributed by atoms with Gasteiger partial charge in [-0.2, -0.15) is 0 Å². The Morgan fingerprint density at radius 3 is 2.80 bits per heavy atom. The maximum Gasteiger partial charge on any atom is 0.196 e. The first-order valence-corrected chi connectivity index (χ1v) is 9.22. The molecule has 0 unspecified atom stereocenters. The maximum atomic E-state index is 6.13. The molecule has 0 spiro atoms. The lowest BCUT2D eigenvalue weighted by atomic mass is 10.1. The molecule has 4 nitrogen and oxygen atoms in total. The number of fused-ring (bicyclic) bond motifs is 3. The van der Waals surface area contributed by atoms with Gasteiger partial charge in [-0.15, -0.1) is 10.2 Å². The lowest BCUT2D eigenvalue weighted by Crippen LogP contribution is -1.94. The smallest absolute Gasteiger partial charge is 0.196 e. The molecule has 4 rings (SSSR count). The molecule has 0 aliphatic heterocycles. The molecule has 0 saturated carbocycles. The predicted molar refractivity (Wildman–Crippen MR) is 103 cm³/mol. The summed E-state index contributed by atoms with van der Waals surface area (Å²) < 4.78 is 7.53. The number of hydrogen-bond acceptors (Lipinski definition) is 4. The number of methoxy groups -OCH3 is 1. The van der Waals surface area contributed by atoms with Gasteiger partial charge in [-0.1, -0.05) is 41.6 Å². The molecule has 126 valence electrons. The number of halogens is 1. The first-order chi connectivity index (χ1) is 12.2. The normalized spacial score (nSPS) is 11.3. The molecule has 4 aromatic rings. The molecular weight excluding hydrogens is 354 g/mol. The van der Waals surface area contributed by atoms with Gasteiger partial charge in [-0.05, 0) is 42.8 Å². The Bertz CT molecular complexity index is 1080. The van der Waals surface area contributed by atoms with E-state index in [0.717, 1.165) is 27.6 Å². The van der Waals surface area contributed by atoms with Gasteiger partial charge in [0.2, 0.25) is 0 Å². The summed E-state index contributed by atoms with van der Waals surface area (Å²) >= 11 is 7.75. The topological polar surface area (TPSA) is 39.4 Å². The number of thioether (sulfide) groups is 1. The van der Waals surface area contributed by atoms with Crippen LogP contribution in [-0.2, 0) is 5.75 Å². The van der Waals surface area contributed by atoms with Crippen molar-refractivity contribution in [2.24, 2.45) is 0 Å². The van der Waals surface area contributed by atoms with E-state index >= 15 is 0 Å². The minimum Gasteiger partial charge on any atom is -0.496 e. The molecule has 0 saturated heterocycles. The van der Waals surface area contributed by atoms with Crippen LogP contribution in [0.5, 0.6) is 5.75 Å². The summed E-state index contributed by atoms with van der Waals surface area (Å²) in [6.07, 6.45) is 0. The number of hydrogen-bond donors (Lipinski definition) is 0. The molecular formula is C19H16ClN3OS. The summed E-state index contributed by atoms with van der Waals surface area (Å²) in [5.74, 6) is 1.53. The number of para-hydroxylation sites is 1. The van der Waals surface area contributed by atoms with Crippen molar-refractivity contribution in [1.82, 2.24) is 14.6 Å². The number of nitrogens with zero attached hydrogens (tertiary/aromatic N) is 3. The first kappa shape index (κ1) is 16.2. The van der Waals surface area contributed by atoms with E-state index in [1.54, 1.807) is 18.9 Å². The van der Waals surface area contributed by atoms with Crippen LogP contribution in [0.1, 0.15) is 11.1 Å². The van der Waals surface area contributed by atoms with Crippen molar-refractivity contribution >= 4 is 39.9 Å². The molecule has 0 fully saturated rings. The molecule has 6 heteroatoms. The van der Waals surface area contributed by atoms with Crippen LogP contribution < -0.4 is 4.74 Å². The fourth-order valence-electron chi connectivity index (χ4n) is 2.97. The molecule has 2 aromatic heterocycles. The SMILES string of the molecule is COc1ccc(Cl)cc1CSc1nnc2cc(C)c3ccccc3n12. The first-order valence-electron chi connectivity index (χ1n) is 7.86. The van der Waals surface area contributed by atoms with Gasteiger partial charge >= 0.3 is 0 Å². The van der Waals surface area contributed by atoms with E-state index in [-0.39, 0.29) is 0 Å². The third kappa shape index (κ3) is 2.94. The van der Waals surface area contributed by atoms with Crippen molar-refractivity contribution in [3.63, 3.8) is 0 Å². The molecule has 0 radical (unpaired) electrons. The summed E-state index contributed by atoms with van der Waals surface area (Å²) in [6, 6.07) is 16.0. The summed E-state index contributed by atoms with van der Waals surface area (Å²) in [6.45, 7) is 2.10. The van der Waals surface area contributed by atoms with E-state index in [1.165, 1.54) is 10.9 Å². The van der Waals surface area contributed by atoms with Gasteiger partial charge in [0.1, 0.15) is 5.75 Å². The Kier molecular flexibility index (Phi) is 4.27. The van der Waals surface area contributed by atoms with Gasteiger partial charge in [-0.3, -0.25) is 4.40 Å². The quantitative estimate of drug-likeness (QED) is 0.466. The maximum absolute atomic E-state index is 6.13. The van der Waals surface area contributed by atoms with E-state index in [1.807, 2.05) is 24.3 Å². The summed E-state index contributed by atoms with van der Waals surface area (Å²) in [5, 5.41) is 11.5. The lowest BCUT2D eigenvalue weighted by molar-refractivity contribution is 0.411. The highest BCUT2D eigenvalue weighted by Crippen LogP contribution is 2.31. The van der Waals surface area contributed by atoms with Crippen molar-refractivity contribution in [3.05, 3.63) is 64.7 Å². The minimum atomic E-state index is 0.698. The average molecular weight is 370 g/mol. The lowest BCUT2D eigenvalue weighted by Gasteiger charge is -2.09. The van der Waals surface area contributed by atoms with E-state index < -0.39 is 0 Å². The number of aromatic nitrogens is 3. The molecule has 2 aromatic carbocycles. The molecule has 2 heterocycles. The van der Waals surface area contributed by atoms with Gasteiger partial charge in [0.15, 0.2) is 10.8 Å². The summed E-state index contributed by atoms with van der Waals surface area (Å²) in [4.78, 5) is 0. The Morgan fingerprint density at radius 2 is 1.96 bits per heavy atom. The van der Waals surface area contributed by atoms with Gasteiger partial charge in [0, 0.05) is 21.7 Å². The van der Waals surface area contributed by atoms with Crippen LogP contribution in [0.4, 0.5) is 0 Å². The highest BCUT2D eigenvalue weighted by molar-refractivity contribution is 7.98. The van der Waals surface area contributed by atoms with Crippen LogP contribution in [0.25, 0.3) is 16.6 Å². The predicted octanol–water partition coefficient (Wildman–Crippen LogP) is 5.15. The van der Waals surface area contributed by atoms with Gasteiger partial charge in [0.25, 0.3) is 0 Å². The molecule has 0 atom stereocenters. The molecule has 25 heavy (non-hydrogen) atoms. The average Bonchev–Trinajstić information content (AvgIpc) is 3.03. The largest absolute Gasteiger partial charge is 0.496 e. The second-order valence-corrected chi connectivity index (χ2v) is 7.14. The van der Waals surface area contributed by atoms with Crippen LogP contribution in [-0.4, -0.2) is 21.7 Å². The monoisotopic (exact) mass is 369 g/mol. The molecule has 0 N–H and O–H groups in total. The second kappa shape index (κ2) is 6.58. The standard InChI is InChI=1S/C19H16ClN3OS/c1-12-9-18-21-22-19(23(18)16-6-4-3-5-15(12)16)25-11-13-10-14(20)7-8-17(13)24-2/h3-10H,11H2,1-2H3. The fourth-order valence-corrected chi connectivity index (χ4v) is 4.09. The number of ether oxygens (including phenoxy) is 1. The zero-order chi connectivity index (χ0) is 17.4. The van der Waals surface area contributed by atoms with Crippen LogP contribution >= 0.6 is 23.4 Å².